The van der Waals surface area contributed by atoms with Crippen molar-refractivity contribution in [2.75, 3.05) is 13.2 Å². The van der Waals surface area contributed by atoms with E-state index in [1.54, 1.807) is 0 Å². The number of benzene rings is 1. The van der Waals surface area contributed by atoms with Gasteiger partial charge in [0.05, 0.1) is 18.2 Å². The fraction of sp³-hybridized carbons (Fsp3) is 0.630. The van der Waals surface area contributed by atoms with Crippen molar-refractivity contribution in [1.29, 1.82) is 0 Å². The Labute approximate surface area is 207 Å². The van der Waals surface area contributed by atoms with Gasteiger partial charge < -0.3 is 9.72 Å². The summed E-state index contributed by atoms with van der Waals surface area (Å²) in [6.07, 6.45) is 8.27. The lowest BCUT2D eigenvalue weighted by Crippen LogP contribution is -2.40. The average molecular weight is 479 g/mol. The molecule has 0 spiro atoms. The molecule has 1 N–H and O–H groups in total. The van der Waals surface area contributed by atoms with Gasteiger partial charge >= 0.3 is 0 Å². The maximum atomic E-state index is 13.1. The predicted octanol–water partition coefficient (Wildman–Crippen LogP) is 4.71. The van der Waals surface area contributed by atoms with Crippen molar-refractivity contribution >= 4 is 10.9 Å². The highest BCUT2D eigenvalue weighted by Crippen LogP contribution is 2.34. The number of ether oxygens (including phenoxy) is 1. The summed E-state index contributed by atoms with van der Waals surface area (Å²) < 4.78 is 8.13. The van der Waals surface area contributed by atoms with Crippen LogP contribution in [-0.2, 0) is 11.3 Å². The molecule has 188 valence electrons. The van der Waals surface area contributed by atoms with Gasteiger partial charge in [-0.15, -0.1) is 5.10 Å². The number of tetrazole rings is 1. The van der Waals surface area contributed by atoms with E-state index in [-0.39, 0.29) is 23.6 Å². The molecule has 3 aromatic rings. The second kappa shape index (κ2) is 10.6. The fourth-order valence-corrected chi connectivity index (χ4v) is 5.90. The highest BCUT2D eigenvalue weighted by atomic mass is 16.5. The third-order valence-corrected chi connectivity index (χ3v) is 7.64. The first kappa shape index (κ1) is 24.1. The Bertz CT molecular complexity index is 1190. The molecule has 2 atom stereocenters. The van der Waals surface area contributed by atoms with Crippen molar-refractivity contribution in [3.05, 3.63) is 51.6 Å². The smallest absolute Gasteiger partial charge is 0.252 e. The van der Waals surface area contributed by atoms with Crippen molar-refractivity contribution in [1.82, 2.24) is 30.1 Å². The molecule has 3 heterocycles. The fourth-order valence-electron chi connectivity index (χ4n) is 5.90. The molecule has 0 radical (unpaired) electrons. The first-order valence-electron chi connectivity index (χ1n) is 13.3. The van der Waals surface area contributed by atoms with Crippen molar-refractivity contribution in [3.8, 4) is 0 Å². The molecule has 2 fully saturated rings. The van der Waals surface area contributed by atoms with E-state index in [9.17, 15) is 4.79 Å². The molecule has 2 aromatic heterocycles. The second-order valence-corrected chi connectivity index (χ2v) is 10.7. The third-order valence-electron chi connectivity index (χ3n) is 7.64. The summed E-state index contributed by atoms with van der Waals surface area (Å²) in [5.74, 6) is 1.18. The monoisotopic (exact) mass is 478 g/mol. The van der Waals surface area contributed by atoms with Gasteiger partial charge in [0.15, 0.2) is 5.82 Å². The summed E-state index contributed by atoms with van der Waals surface area (Å²) in [6.45, 7) is 8.61. The van der Waals surface area contributed by atoms with Crippen LogP contribution in [0.5, 0.6) is 0 Å². The minimum Gasteiger partial charge on any atom is -0.377 e. The van der Waals surface area contributed by atoms with Crippen LogP contribution in [0.3, 0.4) is 0 Å². The third kappa shape index (κ3) is 5.33. The van der Waals surface area contributed by atoms with Gasteiger partial charge in [-0.1, -0.05) is 44.7 Å². The van der Waals surface area contributed by atoms with Crippen molar-refractivity contribution < 1.29 is 4.74 Å². The minimum absolute atomic E-state index is 0.0104. The van der Waals surface area contributed by atoms with Crippen LogP contribution in [0.2, 0.25) is 0 Å². The van der Waals surface area contributed by atoms with Crippen LogP contribution in [0.15, 0.2) is 29.1 Å². The van der Waals surface area contributed by atoms with Crippen molar-refractivity contribution in [3.63, 3.8) is 0 Å². The first-order valence-corrected chi connectivity index (χ1v) is 13.3. The number of aryl methyl sites for hydroxylation is 1. The Morgan fingerprint density at radius 1 is 1.14 bits per heavy atom. The SMILES string of the molecule is Cc1ccc2[nH]c(=O)c(CN(C[C@@H]3CCCO3)[C@H](c3nnnn3C3CCCCC3)C(C)C)cc2c1. The molecule has 2 aliphatic rings. The topological polar surface area (TPSA) is 88.9 Å². The first-order chi connectivity index (χ1) is 17.0. The number of hydrogen-bond donors (Lipinski definition) is 1. The van der Waals surface area contributed by atoms with E-state index >= 15 is 0 Å². The quantitative estimate of drug-likeness (QED) is 0.505. The Morgan fingerprint density at radius 2 is 1.97 bits per heavy atom. The number of nitrogens with zero attached hydrogens (tertiary/aromatic N) is 5. The number of rotatable bonds is 8. The Hall–Kier alpha value is -2.58. The van der Waals surface area contributed by atoms with Gasteiger partial charge in [0, 0.05) is 30.8 Å². The molecule has 1 aliphatic heterocycles. The summed E-state index contributed by atoms with van der Waals surface area (Å²) in [6, 6.07) is 8.53. The molecule has 0 bridgehead atoms. The lowest BCUT2D eigenvalue weighted by molar-refractivity contribution is 0.0375. The summed E-state index contributed by atoms with van der Waals surface area (Å²) in [4.78, 5) is 18.6. The summed E-state index contributed by atoms with van der Waals surface area (Å²) in [7, 11) is 0. The van der Waals surface area contributed by atoms with Crippen molar-refractivity contribution in [2.45, 2.75) is 90.4 Å². The van der Waals surface area contributed by atoms with Crippen LogP contribution in [-0.4, -0.2) is 49.3 Å². The maximum absolute atomic E-state index is 13.1. The van der Waals surface area contributed by atoms with Gasteiger partial charge in [-0.05, 0) is 72.5 Å². The lowest BCUT2D eigenvalue weighted by atomic mass is 9.94. The van der Waals surface area contributed by atoms with Gasteiger partial charge in [-0.2, -0.15) is 0 Å². The summed E-state index contributed by atoms with van der Waals surface area (Å²) >= 11 is 0. The molecule has 5 rings (SSSR count). The minimum atomic E-state index is -0.0342. The Morgan fingerprint density at radius 3 is 2.71 bits per heavy atom. The predicted molar refractivity (Wildman–Crippen MR) is 136 cm³/mol. The zero-order valence-electron chi connectivity index (χ0n) is 21.2. The van der Waals surface area contributed by atoms with Crippen molar-refractivity contribution in [2.24, 2.45) is 5.92 Å². The van der Waals surface area contributed by atoms with Gasteiger partial charge in [0.25, 0.3) is 5.56 Å². The number of nitrogens with one attached hydrogen (secondary N) is 1. The van der Waals surface area contributed by atoms with E-state index in [2.05, 4.69) is 56.9 Å². The average Bonchev–Trinajstić information content (AvgIpc) is 3.53. The van der Waals surface area contributed by atoms with Gasteiger partial charge in [0.1, 0.15) is 0 Å². The molecule has 35 heavy (non-hydrogen) atoms. The molecule has 8 heteroatoms. The van der Waals surface area contributed by atoms with Gasteiger partial charge in [-0.25, -0.2) is 4.68 Å². The summed E-state index contributed by atoms with van der Waals surface area (Å²) in [5.41, 5.74) is 2.78. The van der Waals surface area contributed by atoms with E-state index in [4.69, 9.17) is 4.74 Å². The maximum Gasteiger partial charge on any atom is 0.252 e. The largest absolute Gasteiger partial charge is 0.377 e. The molecule has 1 aromatic carbocycles. The van der Waals surface area contributed by atoms with E-state index < -0.39 is 0 Å². The molecule has 8 nitrogen and oxygen atoms in total. The van der Waals surface area contributed by atoms with Crippen LogP contribution in [0.1, 0.15) is 87.8 Å². The second-order valence-electron chi connectivity index (χ2n) is 10.7. The van der Waals surface area contributed by atoms with E-state index in [0.717, 1.165) is 61.1 Å². The van der Waals surface area contributed by atoms with Gasteiger partial charge in [-0.3, -0.25) is 9.69 Å². The van der Waals surface area contributed by atoms with Crippen LogP contribution < -0.4 is 5.56 Å². The molecule has 1 saturated carbocycles. The molecule has 1 aliphatic carbocycles. The lowest BCUT2D eigenvalue weighted by Gasteiger charge is -2.36. The molecule has 1 saturated heterocycles. The normalized spacial score (nSPS) is 20.3. The van der Waals surface area contributed by atoms with Crippen LogP contribution in [0.4, 0.5) is 0 Å². The molecule has 0 unspecified atom stereocenters. The number of aromatic amines is 1. The zero-order valence-corrected chi connectivity index (χ0v) is 21.2. The molecular weight excluding hydrogens is 440 g/mol. The Kier molecular flexibility index (Phi) is 7.29. The highest BCUT2D eigenvalue weighted by molar-refractivity contribution is 5.79. The van der Waals surface area contributed by atoms with Gasteiger partial charge in [0.2, 0.25) is 0 Å². The van der Waals surface area contributed by atoms with Crippen LogP contribution >= 0.6 is 0 Å². The number of fused-ring (bicyclic) bond motifs is 1. The van der Waals surface area contributed by atoms with Crippen LogP contribution in [0, 0.1) is 12.8 Å². The number of aromatic nitrogens is 5. The summed E-state index contributed by atoms with van der Waals surface area (Å²) in [5, 5.41) is 14.2. The standard InChI is InChI=1S/C27H38N6O2/c1-18(2)25(26-29-30-31-33(26)22-8-5-4-6-9-22)32(17-23-10-7-13-35-23)16-21-15-20-14-19(3)11-12-24(20)28-27(21)34/h11-12,14-15,18,22-23,25H,4-10,13,16-17H2,1-3H3,(H,28,34)/t23-,25-/m0/s1. The molecular formula is C27H38N6O2. The number of H-pyrrole nitrogens is 1. The van der Waals surface area contributed by atoms with E-state index in [1.165, 1.54) is 24.8 Å². The highest BCUT2D eigenvalue weighted by Gasteiger charge is 2.34. The molecule has 0 amide bonds. The van der Waals surface area contributed by atoms with Crippen LogP contribution in [0.25, 0.3) is 10.9 Å². The number of hydrogen-bond acceptors (Lipinski definition) is 6. The van der Waals surface area contributed by atoms with E-state index in [1.807, 2.05) is 18.2 Å². The number of pyridine rings is 1. The van der Waals surface area contributed by atoms with E-state index in [0.29, 0.717) is 12.6 Å². The Balaban J connectivity index is 1.51. The zero-order chi connectivity index (χ0) is 24.4.